The summed E-state index contributed by atoms with van der Waals surface area (Å²) >= 11 is 0. The first-order valence-electron chi connectivity index (χ1n) is 13.7. The monoisotopic (exact) mass is 582 g/mol. The minimum absolute atomic E-state index is 0.152. The van der Waals surface area contributed by atoms with Gasteiger partial charge in [-0.3, -0.25) is 14.4 Å². The number of carbonyl (C=O) groups excluding carboxylic acids is 2. The van der Waals surface area contributed by atoms with Gasteiger partial charge in [0.25, 0.3) is 5.56 Å². The van der Waals surface area contributed by atoms with Crippen molar-refractivity contribution in [2.75, 3.05) is 11.9 Å². The number of Topliss-reactive ketones (excluding diaryl/α,β-unsaturated/α-hetero) is 1. The molecule has 0 unspecified atom stereocenters. The maximum Gasteiger partial charge on any atom is 0.394 e. The van der Waals surface area contributed by atoms with Crippen molar-refractivity contribution >= 4 is 17.4 Å². The molecule has 3 heterocycles. The van der Waals surface area contributed by atoms with Gasteiger partial charge in [0.05, 0.1) is 23.3 Å². The molecular weight excluding hydrogens is 553 g/mol. The van der Waals surface area contributed by atoms with Gasteiger partial charge in [-0.25, -0.2) is 9.67 Å². The van der Waals surface area contributed by atoms with Crippen LogP contribution in [-0.4, -0.2) is 39.2 Å². The number of anilines is 1. The first kappa shape index (κ1) is 28.1. The Morgan fingerprint density at radius 1 is 1.12 bits per heavy atom. The molecule has 1 amide bonds. The van der Waals surface area contributed by atoms with Crippen LogP contribution in [0.4, 0.5) is 18.9 Å². The van der Waals surface area contributed by atoms with Crippen molar-refractivity contribution < 1.29 is 32.2 Å². The number of benzene rings is 1. The van der Waals surface area contributed by atoms with Crippen LogP contribution in [0.5, 0.6) is 5.88 Å². The summed E-state index contributed by atoms with van der Waals surface area (Å²) in [5, 5.41) is 6.51. The van der Waals surface area contributed by atoms with Gasteiger partial charge in [0.2, 0.25) is 11.8 Å². The molecule has 9 nitrogen and oxygen atoms in total. The number of rotatable bonds is 8. The number of aromatic nitrogens is 3. The van der Waals surface area contributed by atoms with Crippen molar-refractivity contribution in [1.82, 2.24) is 14.8 Å². The largest absolute Gasteiger partial charge is 0.473 e. The minimum Gasteiger partial charge on any atom is -0.473 e. The van der Waals surface area contributed by atoms with E-state index in [-0.39, 0.29) is 37.1 Å². The van der Waals surface area contributed by atoms with E-state index in [1.165, 1.54) is 7.05 Å². The Balaban J connectivity index is 1.12. The predicted molar refractivity (Wildman–Crippen MR) is 144 cm³/mol. The average molecular weight is 583 g/mol. The van der Waals surface area contributed by atoms with Gasteiger partial charge in [0.15, 0.2) is 5.78 Å². The number of pyridine rings is 1. The Kier molecular flexibility index (Phi) is 6.91. The average Bonchev–Trinajstić information content (AvgIpc) is 2.93. The van der Waals surface area contributed by atoms with E-state index >= 15 is 0 Å². The van der Waals surface area contributed by atoms with Gasteiger partial charge >= 0.3 is 6.18 Å². The first-order valence-corrected chi connectivity index (χ1v) is 13.7. The highest BCUT2D eigenvalue weighted by Gasteiger charge is 2.80. The smallest absolute Gasteiger partial charge is 0.394 e. The Morgan fingerprint density at radius 3 is 2.52 bits per heavy atom. The number of ether oxygens (including phenoxy) is 2. The zero-order valence-electron chi connectivity index (χ0n) is 22.8. The molecule has 2 atom stereocenters. The number of aryl methyl sites for hydroxylation is 1. The summed E-state index contributed by atoms with van der Waals surface area (Å²) in [6.45, 7) is 0.663. The molecule has 1 saturated heterocycles. The highest BCUT2D eigenvalue weighted by atomic mass is 19.4. The lowest BCUT2D eigenvalue weighted by Crippen LogP contribution is -2.71. The van der Waals surface area contributed by atoms with Crippen LogP contribution in [0, 0.1) is 16.7 Å². The number of hydrogen-bond acceptors (Lipinski definition) is 7. The third-order valence-electron chi connectivity index (χ3n) is 8.76. The van der Waals surface area contributed by atoms with E-state index in [1.807, 2.05) is 36.4 Å². The zero-order valence-corrected chi connectivity index (χ0v) is 22.8. The lowest BCUT2D eigenvalue weighted by molar-refractivity contribution is -0.346. The number of halogens is 3. The quantitative estimate of drug-likeness (QED) is 0.381. The molecule has 4 fully saturated rings. The summed E-state index contributed by atoms with van der Waals surface area (Å²) in [5.74, 6) is -1.15. The topological polar surface area (TPSA) is 112 Å². The van der Waals surface area contributed by atoms with E-state index < -0.39 is 46.3 Å². The Morgan fingerprint density at radius 2 is 1.86 bits per heavy atom. The highest BCUT2D eigenvalue weighted by molar-refractivity contribution is 6.09. The van der Waals surface area contributed by atoms with Gasteiger partial charge < -0.3 is 14.8 Å². The van der Waals surface area contributed by atoms with Crippen LogP contribution in [0.15, 0.2) is 59.7 Å². The lowest BCUT2D eigenvalue weighted by Gasteiger charge is -2.69. The van der Waals surface area contributed by atoms with Crippen molar-refractivity contribution in [1.29, 1.82) is 0 Å². The molecule has 3 saturated carbocycles. The number of amides is 1. The van der Waals surface area contributed by atoms with Crippen LogP contribution in [0.25, 0.3) is 0 Å². The number of hydrogen-bond donors (Lipinski definition) is 1. The van der Waals surface area contributed by atoms with Crippen molar-refractivity contribution in [2.24, 2.45) is 23.8 Å². The molecule has 7 rings (SSSR count). The second kappa shape index (κ2) is 10.3. The van der Waals surface area contributed by atoms with Crippen LogP contribution in [0.1, 0.15) is 59.7 Å². The van der Waals surface area contributed by atoms with Gasteiger partial charge in [-0.15, -0.1) is 0 Å². The Labute approximate surface area is 239 Å². The summed E-state index contributed by atoms with van der Waals surface area (Å²) < 4.78 is 52.7. The number of nitrogens with zero attached hydrogens (tertiary/aromatic N) is 3. The van der Waals surface area contributed by atoms with E-state index in [0.717, 1.165) is 22.0 Å². The molecule has 2 bridgehead atoms. The van der Waals surface area contributed by atoms with E-state index in [0.29, 0.717) is 25.3 Å². The molecule has 1 aromatic carbocycles. The Hall–Kier alpha value is -4.06. The first-order chi connectivity index (χ1) is 20.0. The van der Waals surface area contributed by atoms with E-state index in [2.05, 4.69) is 15.4 Å². The molecular formula is C30H29F3N4O5. The lowest BCUT2D eigenvalue weighted by atomic mass is 9.33. The predicted octanol–water partition coefficient (Wildman–Crippen LogP) is 4.78. The van der Waals surface area contributed by atoms with Crippen LogP contribution >= 0.6 is 0 Å². The fraction of sp³-hybridized carbons (Fsp3) is 0.433. The SMILES string of the molecule is Cn1ncc(C(=O)C23CC(C(F)(F)F)(C2)C3)c(NC(=O)[C@H]2CCO[C@@H](c3ccc(OCc4ccccc4)nc3)C2)c1=O. The van der Waals surface area contributed by atoms with E-state index in [1.54, 1.807) is 12.3 Å². The van der Waals surface area contributed by atoms with Gasteiger partial charge in [0.1, 0.15) is 12.3 Å². The molecule has 12 heteroatoms. The number of carbonyl (C=O) groups is 2. The molecule has 42 heavy (non-hydrogen) atoms. The van der Waals surface area contributed by atoms with Gasteiger partial charge in [-0.05, 0) is 49.3 Å². The summed E-state index contributed by atoms with van der Waals surface area (Å²) in [6.07, 6.45) is -2.24. The second-order valence-corrected chi connectivity index (χ2v) is 11.6. The molecule has 1 aliphatic heterocycles. The molecule has 220 valence electrons. The van der Waals surface area contributed by atoms with Gasteiger partial charge in [-0.1, -0.05) is 30.3 Å². The van der Waals surface area contributed by atoms with Crippen LogP contribution in [0.3, 0.4) is 0 Å². The molecule has 0 radical (unpaired) electrons. The molecule has 1 N–H and O–H groups in total. The molecule has 2 aromatic heterocycles. The van der Waals surface area contributed by atoms with Gasteiger partial charge in [-0.2, -0.15) is 18.3 Å². The van der Waals surface area contributed by atoms with Crippen molar-refractivity contribution in [3.8, 4) is 5.88 Å². The summed E-state index contributed by atoms with van der Waals surface area (Å²) in [5.41, 5.74) is -2.33. The van der Waals surface area contributed by atoms with Crippen LogP contribution < -0.4 is 15.6 Å². The highest BCUT2D eigenvalue weighted by Crippen LogP contribution is 2.79. The van der Waals surface area contributed by atoms with Crippen molar-refractivity contribution in [2.45, 2.75) is 51.0 Å². The van der Waals surface area contributed by atoms with Crippen LogP contribution in [0.2, 0.25) is 0 Å². The number of ketones is 1. The zero-order chi connectivity index (χ0) is 29.7. The summed E-state index contributed by atoms with van der Waals surface area (Å²) in [6, 6.07) is 13.2. The molecule has 3 aliphatic carbocycles. The minimum atomic E-state index is -4.37. The Bertz CT molecular complexity index is 1550. The molecule has 0 spiro atoms. The third-order valence-corrected chi connectivity index (χ3v) is 8.76. The fourth-order valence-corrected chi connectivity index (χ4v) is 6.34. The standard InChI is InChI=1S/C30H29F3N4O5/c1-37-27(40)24(21(13-35-37)25(38)28-15-29(16-28,17-28)30(31,32)33)36-26(39)19-9-10-41-22(11-19)20-7-8-23(34-12-20)42-14-18-5-3-2-4-6-18/h2-8,12-13,19,22H,9-11,14-17H2,1H3,(H,36,39)/t19-,22+,28?,29?/m0/s1. The summed E-state index contributed by atoms with van der Waals surface area (Å²) in [4.78, 5) is 44.0. The normalized spacial score (nSPS) is 26.5. The second-order valence-electron chi connectivity index (χ2n) is 11.6. The fourth-order valence-electron chi connectivity index (χ4n) is 6.34. The maximum atomic E-state index is 13.4. The van der Waals surface area contributed by atoms with Crippen molar-refractivity contribution in [3.63, 3.8) is 0 Å². The summed E-state index contributed by atoms with van der Waals surface area (Å²) in [7, 11) is 1.37. The number of nitrogens with one attached hydrogen (secondary N) is 1. The van der Waals surface area contributed by atoms with Crippen LogP contribution in [-0.2, 0) is 23.2 Å². The van der Waals surface area contributed by atoms with Crippen molar-refractivity contribution in [3.05, 3.63) is 81.9 Å². The molecule has 4 aliphatic rings. The third kappa shape index (κ3) is 4.87. The molecule has 3 aromatic rings. The maximum absolute atomic E-state index is 13.4. The van der Waals surface area contributed by atoms with Gasteiger partial charge in [0, 0.05) is 37.3 Å². The number of alkyl halides is 3. The van der Waals surface area contributed by atoms with E-state index in [4.69, 9.17) is 9.47 Å². The van der Waals surface area contributed by atoms with E-state index in [9.17, 15) is 27.6 Å².